The van der Waals surface area contributed by atoms with E-state index in [1.54, 1.807) is 0 Å². The monoisotopic (exact) mass is 279 g/mol. The molecule has 0 atom stereocenters. The molecule has 0 aliphatic carbocycles. The molecular formula is C15H21NO4. The molecule has 0 radical (unpaired) electrons. The van der Waals surface area contributed by atoms with Crippen molar-refractivity contribution >= 4 is 5.78 Å². The van der Waals surface area contributed by atoms with Crippen molar-refractivity contribution in [2.75, 3.05) is 19.6 Å². The van der Waals surface area contributed by atoms with Crippen LogP contribution < -0.4 is 0 Å². The highest BCUT2D eigenvalue weighted by Crippen LogP contribution is 2.33. The summed E-state index contributed by atoms with van der Waals surface area (Å²) in [7, 11) is 0. The minimum atomic E-state index is -0.370. The lowest BCUT2D eigenvalue weighted by Gasteiger charge is -2.26. The molecule has 1 aromatic rings. The number of carbonyl (C=O) groups is 1. The first kappa shape index (κ1) is 14.7. The summed E-state index contributed by atoms with van der Waals surface area (Å²) in [4.78, 5) is 14.4. The van der Waals surface area contributed by atoms with Crippen LogP contribution in [0.3, 0.4) is 0 Å². The summed E-state index contributed by atoms with van der Waals surface area (Å²) < 4.78 is 0. The van der Waals surface area contributed by atoms with Gasteiger partial charge in [0.1, 0.15) is 22.8 Å². The number of nitrogens with zero attached hydrogens (tertiary/aromatic N) is 1. The molecule has 2 rings (SSSR count). The van der Waals surface area contributed by atoms with E-state index >= 15 is 0 Å². The Morgan fingerprint density at radius 1 is 1.05 bits per heavy atom. The lowest BCUT2D eigenvalue weighted by molar-refractivity contribution is 0.0967. The van der Waals surface area contributed by atoms with Gasteiger partial charge in [-0.1, -0.05) is 6.42 Å². The lowest BCUT2D eigenvalue weighted by atomic mass is 10.0. The fraction of sp³-hybridized carbons (Fsp3) is 0.533. The van der Waals surface area contributed by atoms with Crippen molar-refractivity contribution in [2.45, 2.75) is 32.1 Å². The molecule has 1 aliphatic heterocycles. The third-order valence-corrected chi connectivity index (χ3v) is 3.69. The summed E-state index contributed by atoms with van der Waals surface area (Å²) in [5, 5.41) is 28.5. The molecule has 5 heteroatoms. The quantitative estimate of drug-likeness (QED) is 0.720. The predicted octanol–water partition coefficient (Wildman–Crippen LogP) is 2.25. The van der Waals surface area contributed by atoms with Crippen molar-refractivity contribution in [1.29, 1.82) is 0 Å². The number of likely N-dealkylation sites (tertiary alicyclic amines) is 1. The van der Waals surface area contributed by atoms with Crippen LogP contribution in [-0.2, 0) is 0 Å². The van der Waals surface area contributed by atoms with Gasteiger partial charge in [0.25, 0.3) is 0 Å². The third-order valence-electron chi connectivity index (χ3n) is 3.69. The topological polar surface area (TPSA) is 81.0 Å². The Balaban J connectivity index is 1.88. The van der Waals surface area contributed by atoms with Crippen LogP contribution in [0.4, 0.5) is 0 Å². The molecule has 5 nitrogen and oxygen atoms in total. The van der Waals surface area contributed by atoms with E-state index in [0.29, 0.717) is 6.42 Å². The molecule has 1 fully saturated rings. The molecule has 0 unspecified atom stereocenters. The normalized spacial score (nSPS) is 16.2. The van der Waals surface area contributed by atoms with Gasteiger partial charge in [0.15, 0.2) is 5.78 Å². The van der Waals surface area contributed by atoms with Crippen molar-refractivity contribution in [3.63, 3.8) is 0 Å². The molecule has 1 aromatic carbocycles. The number of aromatic hydroxyl groups is 3. The Hall–Kier alpha value is -1.75. The van der Waals surface area contributed by atoms with E-state index in [0.717, 1.165) is 31.8 Å². The van der Waals surface area contributed by atoms with Gasteiger partial charge in [0, 0.05) is 18.6 Å². The predicted molar refractivity (Wildman–Crippen MR) is 75.3 cm³/mol. The van der Waals surface area contributed by atoms with Crippen LogP contribution in [0.25, 0.3) is 0 Å². The number of hydrogen-bond donors (Lipinski definition) is 3. The van der Waals surface area contributed by atoms with Crippen LogP contribution in [0.5, 0.6) is 17.2 Å². The highest BCUT2D eigenvalue weighted by atomic mass is 16.3. The second-order valence-electron chi connectivity index (χ2n) is 5.29. The smallest absolute Gasteiger partial charge is 0.170 e. The molecule has 1 saturated heterocycles. The highest BCUT2D eigenvalue weighted by Gasteiger charge is 2.18. The molecule has 20 heavy (non-hydrogen) atoms. The number of ketones is 1. The first-order valence-corrected chi connectivity index (χ1v) is 7.08. The van der Waals surface area contributed by atoms with Crippen LogP contribution in [-0.4, -0.2) is 45.6 Å². The third kappa shape index (κ3) is 3.63. The van der Waals surface area contributed by atoms with Crippen LogP contribution in [0.2, 0.25) is 0 Å². The summed E-state index contributed by atoms with van der Waals surface area (Å²) in [5.74, 6) is -1.29. The summed E-state index contributed by atoms with van der Waals surface area (Å²) in [6.45, 7) is 3.04. The number of benzene rings is 1. The SMILES string of the molecule is O=C(CCCN1CCCCC1)c1c(O)cc(O)cc1O. The Bertz CT molecular complexity index is 458. The molecule has 0 aromatic heterocycles. The zero-order chi connectivity index (χ0) is 14.5. The molecule has 0 saturated carbocycles. The van der Waals surface area contributed by atoms with E-state index < -0.39 is 0 Å². The van der Waals surface area contributed by atoms with Gasteiger partial charge in [0.2, 0.25) is 0 Å². The van der Waals surface area contributed by atoms with Gasteiger partial charge in [-0.15, -0.1) is 0 Å². The van der Waals surface area contributed by atoms with Gasteiger partial charge < -0.3 is 20.2 Å². The minimum Gasteiger partial charge on any atom is -0.508 e. The molecular weight excluding hydrogens is 258 g/mol. The Kier molecular flexibility index (Phi) is 4.84. The van der Waals surface area contributed by atoms with E-state index in [9.17, 15) is 20.1 Å². The molecule has 0 amide bonds. The van der Waals surface area contributed by atoms with Crippen molar-refractivity contribution in [2.24, 2.45) is 0 Å². The summed E-state index contributed by atoms with van der Waals surface area (Å²) >= 11 is 0. The average Bonchev–Trinajstić information content (AvgIpc) is 2.38. The van der Waals surface area contributed by atoms with Crippen LogP contribution >= 0.6 is 0 Å². The number of phenols is 3. The fourth-order valence-electron chi connectivity index (χ4n) is 2.65. The maximum atomic E-state index is 12.0. The molecule has 1 heterocycles. The molecule has 110 valence electrons. The fourth-order valence-corrected chi connectivity index (χ4v) is 2.65. The first-order chi connectivity index (χ1) is 9.58. The van der Waals surface area contributed by atoms with Gasteiger partial charge in [-0.3, -0.25) is 4.79 Å². The van der Waals surface area contributed by atoms with Crippen molar-refractivity contribution in [3.05, 3.63) is 17.7 Å². The maximum Gasteiger partial charge on any atom is 0.170 e. The van der Waals surface area contributed by atoms with E-state index in [2.05, 4.69) is 4.90 Å². The summed E-state index contributed by atoms with van der Waals surface area (Å²) in [5.41, 5.74) is -0.0959. The maximum absolute atomic E-state index is 12.0. The largest absolute Gasteiger partial charge is 0.508 e. The molecule has 0 bridgehead atoms. The Morgan fingerprint density at radius 3 is 2.25 bits per heavy atom. The summed E-state index contributed by atoms with van der Waals surface area (Å²) in [6.07, 6.45) is 4.70. The first-order valence-electron chi connectivity index (χ1n) is 7.08. The minimum absolute atomic E-state index is 0.0959. The number of Topliss-reactive ketones (excluding diaryl/α,β-unsaturated/α-hetero) is 1. The van der Waals surface area contributed by atoms with E-state index in [1.165, 1.54) is 19.3 Å². The Labute approximate surface area is 118 Å². The van der Waals surface area contributed by atoms with E-state index in [-0.39, 0.29) is 35.0 Å². The number of carbonyl (C=O) groups excluding carboxylic acids is 1. The molecule has 1 aliphatic rings. The zero-order valence-corrected chi connectivity index (χ0v) is 11.5. The van der Waals surface area contributed by atoms with Crippen LogP contribution in [0.1, 0.15) is 42.5 Å². The second kappa shape index (κ2) is 6.61. The lowest BCUT2D eigenvalue weighted by Crippen LogP contribution is -2.30. The van der Waals surface area contributed by atoms with Gasteiger partial charge in [-0.25, -0.2) is 0 Å². The average molecular weight is 279 g/mol. The number of piperidine rings is 1. The standard InChI is InChI=1S/C15H21NO4/c17-11-9-13(19)15(14(20)10-11)12(18)5-4-8-16-6-2-1-3-7-16/h9-10,17,19-20H,1-8H2. The number of phenolic OH excluding ortho intramolecular Hbond substituents is 3. The van der Waals surface area contributed by atoms with Crippen LogP contribution in [0.15, 0.2) is 12.1 Å². The zero-order valence-electron chi connectivity index (χ0n) is 11.5. The van der Waals surface area contributed by atoms with Gasteiger partial charge in [-0.05, 0) is 38.9 Å². The van der Waals surface area contributed by atoms with Gasteiger partial charge >= 0.3 is 0 Å². The van der Waals surface area contributed by atoms with Crippen molar-refractivity contribution in [3.8, 4) is 17.2 Å². The second-order valence-corrected chi connectivity index (χ2v) is 5.29. The van der Waals surface area contributed by atoms with Crippen LogP contribution in [0, 0.1) is 0 Å². The Morgan fingerprint density at radius 2 is 1.65 bits per heavy atom. The summed E-state index contributed by atoms with van der Waals surface area (Å²) in [6, 6.07) is 2.13. The number of rotatable bonds is 5. The molecule has 3 N–H and O–H groups in total. The van der Waals surface area contributed by atoms with Gasteiger partial charge in [0.05, 0.1) is 0 Å². The van der Waals surface area contributed by atoms with Crippen molar-refractivity contribution in [1.82, 2.24) is 4.90 Å². The van der Waals surface area contributed by atoms with E-state index in [4.69, 9.17) is 0 Å². The number of hydrogen-bond acceptors (Lipinski definition) is 5. The van der Waals surface area contributed by atoms with Crippen molar-refractivity contribution < 1.29 is 20.1 Å². The van der Waals surface area contributed by atoms with Gasteiger partial charge in [-0.2, -0.15) is 0 Å². The highest BCUT2D eigenvalue weighted by molar-refractivity contribution is 6.01. The molecule has 0 spiro atoms. The van der Waals surface area contributed by atoms with E-state index in [1.807, 2.05) is 0 Å².